The molecule has 1 fully saturated rings. The molecular weight excluding hydrogens is 454 g/mol. The Balaban J connectivity index is 1.47. The molecule has 0 aliphatic carbocycles. The number of ether oxygens (including phenoxy) is 1. The second-order valence-corrected chi connectivity index (χ2v) is 7.79. The Labute approximate surface area is 181 Å². The van der Waals surface area contributed by atoms with Gasteiger partial charge in [0.2, 0.25) is 5.91 Å². The number of halogens is 1. The van der Waals surface area contributed by atoms with E-state index in [4.69, 9.17) is 4.74 Å². The number of aryl methyl sites for hydroxylation is 1. The predicted molar refractivity (Wildman–Crippen MR) is 112 cm³/mol. The lowest BCUT2D eigenvalue weighted by Gasteiger charge is -2.17. The van der Waals surface area contributed by atoms with Gasteiger partial charge in [0.05, 0.1) is 12.5 Å². The predicted octanol–water partition coefficient (Wildman–Crippen LogP) is 2.43. The highest BCUT2D eigenvalue weighted by molar-refractivity contribution is 9.10. The van der Waals surface area contributed by atoms with Crippen LogP contribution in [0, 0.1) is 12.8 Å². The highest BCUT2D eigenvalue weighted by Gasteiger charge is 2.36. The van der Waals surface area contributed by atoms with Gasteiger partial charge >= 0.3 is 5.97 Å². The molecule has 2 aromatic carbocycles. The lowest BCUT2D eigenvalue weighted by molar-refractivity contribution is -0.151. The molecule has 30 heavy (non-hydrogen) atoms. The summed E-state index contributed by atoms with van der Waals surface area (Å²) in [5.41, 5.74) is 4.47. The van der Waals surface area contributed by atoms with Crippen molar-refractivity contribution in [1.82, 2.24) is 10.4 Å². The van der Waals surface area contributed by atoms with Gasteiger partial charge in [0.25, 0.3) is 11.8 Å². The molecule has 0 radical (unpaired) electrons. The molecule has 3 rings (SSSR count). The summed E-state index contributed by atoms with van der Waals surface area (Å²) in [7, 11) is 0. The maximum Gasteiger partial charge on any atom is 0.311 e. The van der Waals surface area contributed by atoms with Crippen LogP contribution < -0.4 is 10.7 Å². The minimum atomic E-state index is -0.755. The Morgan fingerprint density at radius 2 is 1.90 bits per heavy atom. The molecule has 1 aliphatic rings. The number of benzene rings is 2. The fraction of sp³-hybridized carbons (Fsp3) is 0.238. The zero-order valence-electron chi connectivity index (χ0n) is 16.2. The van der Waals surface area contributed by atoms with E-state index in [0.717, 1.165) is 15.0 Å². The summed E-state index contributed by atoms with van der Waals surface area (Å²) in [5, 5.41) is 3.74. The number of anilines is 1. The van der Waals surface area contributed by atoms with Crippen molar-refractivity contribution in [2.45, 2.75) is 13.3 Å². The van der Waals surface area contributed by atoms with Crippen molar-refractivity contribution >= 4 is 45.3 Å². The summed E-state index contributed by atoms with van der Waals surface area (Å²) in [6.07, 6.45) is -0.0983. The smallest absolute Gasteiger partial charge is 0.311 e. The molecule has 1 saturated heterocycles. The Kier molecular flexibility index (Phi) is 6.83. The van der Waals surface area contributed by atoms with Gasteiger partial charge in [0, 0.05) is 22.1 Å². The van der Waals surface area contributed by atoms with E-state index in [2.05, 4.69) is 26.7 Å². The van der Waals surface area contributed by atoms with Crippen LogP contribution in [0.15, 0.2) is 53.0 Å². The van der Waals surface area contributed by atoms with Crippen molar-refractivity contribution in [3.63, 3.8) is 0 Å². The standard InChI is InChI=1S/C21H20BrN3O5/c1-13-3-2-4-17(9-13)23-18(26)12-30-21(29)15-10-19(27)25(11-15)24-20(28)14-5-7-16(22)8-6-14/h2-9,15H,10-12H2,1H3,(H,23,26)(H,24,28)/t15-/m1/s1. The van der Waals surface area contributed by atoms with E-state index in [1.54, 1.807) is 42.5 Å². The first-order valence-electron chi connectivity index (χ1n) is 9.22. The quantitative estimate of drug-likeness (QED) is 0.626. The zero-order chi connectivity index (χ0) is 21.7. The Morgan fingerprint density at radius 1 is 1.17 bits per heavy atom. The third-order valence-electron chi connectivity index (χ3n) is 4.45. The van der Waals surface area contributed by atoms with Crippen molar-refractivity contribution < 1.29 is 23.9 Å². The van der Waals surface area contributed by atoms with Crippen molar-refractivity contribution in [1.29, 1.82) is 0 Å². The van der Waals surface area contributed by atoms with Crippen molar-refractivity contribution in [3.05, 3.63) is 64.1 Å². The number of esters is 1. The first-order chi connectivity index (χ1) is 14.3. The molecule has 9 heteroatoms. The summed E-state index contributed by atoms with van der Waals surface area (Å²) >= 11 is 3.29. The van der Waals surface area contributed by atoms with Crippen LogP contribution in [0.25, 0.3) is 0 Å². The van der Waals surface area contributed by atoms with E-state index >= 15 is 0 Å². The number of carbonyl (C=O) groups is 4. The minimum absolute atomic E-state index is 0.0145. The number of rotatable bonds is 6. The van der Waals surface area contributed by atoms with E-state index in [0.29, 0.717) is 11.3 Å². The molecule has 0 unspecified atom stereocenters. The topological polar surface area (TPSA) is 105 Å². The normalized spacial score (nSPS) is 15.6. The molecule has 156 valence electrons. The maximum absolute atomic E-state index is 12.3. The Bertz CT molecular complexity index is 977. The highest BCUT2D eigenvalue weighted by Crippen LogP contribution is 2.18. The summed E-state index contributed by atoms with van der Waals surface area (Å²) in [6, 6.07) is 13.9. The zero-order valence-corrected chi connectivity index (χ0v) is 17.8. The van der Waals surface area contributed by atoms with Crippen molar-refractivity contribution in [2.24, 2.45) is 5.92 Å². The van der Waals surface area contributed by atoms with Gasteiger partial charge in [-0.25, -0.2) is 0 Å². The van der Waals surface area contributed by atoms with Gasteiger partial charge in [-0.3, -0.25) is 29.6 Å². The van der Waals surface area contributed by atoms with Gasteiger partial charge in [0.1, 0.15) is 0 Å². The third kappa shape index (κ3) is 5.66. The molecule has 0 saturated carbocycles. The first-order valence-corrected chi connectivity index (χ1v) is 10.0. The minimum Gasteiger partial charge on any atom is -0.455 e. The van der Waals surface area contributed by atoms with Gasteiger partial charge in [-0.2, -0.15) is 0 Å². The molecule has 8 nitrogen and oxygen atoms in total. The summed E-state index contributed by atoms with van der Waals surface area (Å²) < 4.78 is 5.87. The molecule has 3 amide bonds. The van der Waals surface area contributed by atoms with Crippen LogP contribution in [0.2, 0.25) is 0 Å². The lowest BCUT2D eigenvalue weighted by atomic mass is 10.1. The van der Waals surface area contributed by atoms with Crippen LogP contribution >= 0.6 is 15.9 Å². The first kappa shape index (κ1) is 21.5. The summed E-state index contributed by atoms with van der Waals surface area (Å²) in [4.78, 5) is 48.6. The van der Waals surface area contributed by atoms with Gasteiger partial charge < -0.3 is 10.1 Å². The van der Waals surface area contributed by atoms with Crippen LogP contribution in [0.1, 0.15) is 22.3 Å². The van der Waals surface area contributed by atoms with Crippen molar-refractivity contribution in [3.8, 4) is 0 Å². The second kappa shape index (κ2) is 9.53. The lowest BCUT2D eigenvalue weighted by Crippen LogP contribution is -2.43. The SMILES string of the molecule is Cc1cccc(NC(=O)COC(=O)[C@@H]2CC(=O)N(NC(=O)c3ccc(Br)cc3)C2)c1. The summed E-state index contributed by atoms with van der Waals surface area (Å²) in [5.74, 6) is -2.75. The van der Waals surface area contributed by atoms with E-state index in [1.165, 1.54) is 0 Å². The van der Waals surface area contributed by atoms with E-state index < -0.39 is 36.2 Å². The molecule has 0 aromatic heterocycles. The maximum atomic E-state index is 12.3. The number of amides is 3. The van der Waals surface area contributed by atoms with Crippen LogP contribution in [0.4, 0.5) is 5.69 Å². The Hall–Kier alpha value is -3.20. The number of hydrazine groups is 1. The fourth-order valence-corrected chi connectivity index (χ4v) is 3.20. The highest BCUT2D eigenvalue weighted by atomic mass is 79.9. The van der Waals surface area contributed by atoms with Crippen LogP contribution in [-0.4, -0.2) is 41.9 Å². The largest absolute Gasteiger partial charge is 0.455 e. The third-order valence-corrected chi connectivity index (χ3v) is 4.98. The Morgan fingerprint density at radius 3 is 2.60 bits per heavy atom. The number of nitrogens with zero attached hydrogens (tertiary/aromatic N) is 1. The van der Waals surface area contributed by atoms with Gasteiger partial charge in [-0.1, -0.05) is 28.1 Å². The van der Waals surface area contributed by atoms with E-state index in [9.17, 15) is 19.2 Å². The molecule has 1 atom stereocenters. The molecule has 1 heterocycles. The fourth-order valence-electron chi connectivity index (χ4n) is 2.94. The van der Waals surface area contributed by atoms with E-state index in [1.807, 2.05) is 13.0 Å². The monoisotopic (exact) mass is 473 g/mol. The van der Waals surface area contributed by atoms with Gasteiger partial charge in [-0.15, -0.1) is 0 Å². The molecule has 0 bridgehead atoms. The average Bonchev–Trinajstić information content (AvgIpc) is 3.07. The molecule has 2 aromatic rings. The van der Waals surface area contributed by atoms with Crippen molar-refractivity contribution in [2.75, 3.05) is 18.5 Å². The van der Waals surface area contributed by atoms with Gasteiger partial charge in [-0.05, 0) is 48.9 Å². The molecule has 0 spiro atoms. The number of hydrogen-bond donors (Lipinski definition) is 2. The average molecular weight is 474 g/mol. The van der Waals surface area contributed by atoms with Crippen LogP contribution in [0.3, 0.4) is 0 Å². The summed E-state index contributed by atoms with van der Waals surface area (Å²) in [6.45, 7) is 1.43. The van der Waals surface area contributed by atoms with Gasteiger partial charge in [0.15, 0.2) is 6.61 Å². The molecule has 1 aliphatic heterocycles. The number of carbonyl (C=O) groups excluding carboxylic acids is 4. The van der Waals surface area contributed by atoms with Crippen LogP contribution in [-0.2, 0) is 19.1 Å². The molecule has 2 N–H and O–H groups in total. The second-order valence-electron chi connectivity index (χ2n) is 6.88. The van der Waals surface area contributed by atoms with Crippen LogP contribution in [0.5, 0.6) is 0 Å². The number of hydrogen-bond acceptors (Lipinski definition) is 5. The number of nitrogens with one attached hydrogen (secondary N) is 2. The molecular formula is C21H20BrN3O5. The van der Waals surface area contributed by atoms with E-state index in [-0.39, 0.29) is 13.0 Å².